The lowest BCUT2D eigenvalue weighted by Gasteiger charge is -2.39. The van der Waals surface area contributed by atoms with Gasteiger partial charge in [0.2, 0.25) is 11.8 Å². The van der Waals surface area contributed by atoms with Crippen molar-refractivity contribution in [1.29, 1.82) is 0 Å². The van der Waals surface area contributed by atoms with Crippen molar-refractivity contribution < 1.29 is 22.8 Å². The van der Waals surface area contributed by atoms with Crippen LogP contribution >= 0.6 is 0 Å². The molecule has 118 valence electrons. The lowest BCUT2D eigenvalue weighted by Crippen LogP contribution is -2.57. The fourth-order valence-corrected chi connectivity index (χ4v) is 1.29. The molecule has 0 aromatic heterocycles. The lowest BCUT2D eigenvalue weighted by molar-refractivity contribution is -0.147. The first-order valence-electron chi connectivity index (χ1n) is 6.06. The fraction of sp³-hybridized carbons (Fsp3) is 0.833. The van der Waals surface area contributed by atoms with Crippen molar-refractivity contribution >= 4 is 11.8 Å². The van der Waals surface area contributed by atoms with E-state index in [4.69, 9.17) is 5.73 Å². The Balaban J connectivity index is 4.59. The summed E-state index contributed by atoms with van der Waals surface area (Å²) in [6.45, 7) is 4.72. The van der Waals surface area contributed by atoms with E-state index in [1.54, 1.807) is 33.0 Å². The van der Waals surface area contributed by atoms with Gasteiger partial charge in [-0.05, 0) is 27.7 Å². The average molecular weight is 297 g/mol. The summed E-state index contributed by atoms with van der Waals surface area (Å²) in [5.41, 5.74) is 4.12. The largest absolute Gasteiger partial charge is 0.405 e. The second-order valence-electron chi connectivity index (χ2n) is 5.90. The van der Waals surface area contributed by atoms with E-state index in [-0.39, 0.29) is 0 Å². The lowest BCUT2D eigenvalue weighted by atomic mass is 9.74. The Bertz CT molecular complexity index is 373. The van der Waals surface area contributed by atoms with Gasteiger partial charge >= 0.3 is 6.18 Å². The van der Waals surface area contributed by atoms with Crippen LogP contribution in [0.5, 0.6) is 0 Å². The van der Waals surface area contributed by atoms with Gasteiger partial charge < -0.3 is 16.0 Å². The molecule has 0 aromatic rings. The highest BCUT2D eigenvalue weighted by Crippen LogP contribution is 2.30. The van der Waals surface area contributed by atoms with Crippen LogP contribution in [-0.4, -0.2) is 48.6 Å². The number of nitrogens with one attached hydrogen (secondary N) is 1. The highest BCUT2D eigenvalue weighted by atomic mass is 19.4. The molecule has 0 unspecified atom stereocenters. The number of hydrogen-bond acceptors (Lipinski definition) is 3. The van der Waals surface area contributed by atoms with Crippen LogP contribution in [-0.2, 0) is 9.59 Å². The minimum atomic E-state index is -4.48. The van der Waals surface area contributed by atoms with E-state index in [9.17, 15) is 22.8 Å². The van der Waals surface area contributed by atoms with Crippen LogP contribution in [0.3, 0.4) is 0 Å². The van der Waals surface area contributed by atoms with Crippen molar-refractivity contribution in [2.45, 2.75) is 39.4 Å². The molecule has 20 heavy (non-hydrogen) atoms. The smallest absolute Gasteiger partial charge is 0.345 e. The molecule has 0 fully saturated rings. The minimum Gasteiger partial charge on any atom is -0.345 e. The average Bonchev–Trinajstić information content (AvgIpc) is 2.22. The number of nitrogens with two attached hydrogens (primary N) is 1. The first-order valence-corrected chi connectivity index (χ1v) is 6.06. The Morgan fingerprint density at radius 3 is 1.95 bits per heavy atom. The Morgan fingerprint density at radius 1 is 1.15 bits per heavy atom. The second kappa shape index (κ2) is 5.99. The summed E-state index contributed by atoms with van der Waals surface area (Å²) in [6, 6.07) is 0. The maximum Gasteiger partial charge on any atom is 0.405 e. The summed E-state index contributed by atoms with van der Waals surface area (Å²) in [5.74, 6) is -1.28. The Hall–Kier alpha value is -1.31. The zero-order chi connectivity index (χ0) is 16.4. The number of carbonyl (C=O) groups excluding carboxylic acids is 2. The molecule has 0 rings (SSSR count). The van der Waals surface area contributed by atoms with Gasteiger partial charge in [0, 0.05) is 12.6 Å². The van der Waals surface area contributed by atoms with E-state index in [1.165, 1.54) is 7.05 Å². The topological polar surface area (TPSA) is 75.4 Å². The van der Waals surface area contributed by atoms with Crippen LogP contribution in [0.25, 0.3) is 0 Å². The minimum absolute atomic E-state index is 0.410. The number of rotatable bonds is 5. The van der Waals surface area contributed by atoms with Crippen molar-refractivity contribution in [3.63, 3.8) is 0 Å². The molecule has 0 aromatic carbocycles. The third-order valence-electron chi connectivity index (χ3n) is 3.36. The van der Waals surface area contributed by atoms with Crippen LogP contribution in [0, 0.1) is 5.41 Å². The van der Waals surface area contributed by atoms with Crippen molar-refractivity contribution in [2.24, 2.45) is 11.1 Å². The molecule has 2 amide bonds. The Kier molecular flexibility index (Phi) is 5.59. The molecule has 0 aliphatic carbocycles. The monoisotopic (exact) mass is 297 g/mol. The summed E-state index contributed by atoms with van der Waals surface area (Å²) in [4.78, 5) is 24.6. The standard InChI is InChI=1S/C12H22F3N3O2/c1-10(2,11(3,4)16)9(20)18(5)6-8(19)17-7-12(13,14)15/h6-7,16H2,1-5H3,(H,17,19). The van der Waals surface area contributed by atoms with Crippen LogP contribution in [0.15, 0.2) is 0 Å². The summed E-state index contributed by atoms with van der Waals surface area (Å²) in [6.07, 6.45) is -4.48. The maximum atomic E-state index is 12.2. The van der Waals surface area contributed by atoms with Crippen molar-refractivity contribution in [3.05, 3.63) is 0 Å². The van der Waals surface area contributed by atoms with Crippen LogP contribution in [0.4, 0.5) is 13.2 Å². The quantitative estimate of drug-likeness (QED) is 0.791. The number of alkyl halides is 3. The van der Waals surface area contributed by atoms with Gasteiger partial charge in [-0.15, -0.1) is 0 Å². The number of carbonyl (C=O) groups is 2. The first-order chi connectivity index (χ1) is 8.68. The maximum absolute atomic E-state index is 12.2. The molecule has 0 radical (unpaired) electrons. The molecule has 0 saturated carbocycles. The molecule has 0 heterocycles. The molecular weight excluding hydrogens is 275 g/mol. The van der Waals surface area contributed by atoms with Gasteiger partial charge in [-0.1, -0.05) is 0 Å². The molecule has 0 aliphatic rings. The summed E-state index contributed by atoms with van der Waals surface area (Å²) >= 11 is 0. The highest BCUT2D eigenvalue weighted by molar-refractivity contribution is 5.88. The number of likely N-dealkylation sites (N-methyl/N-ethyl adjacent to an activating group) is 1. The van der Waals surface area contributed by atoms with Crippen molar-refractivity contribution in [1.82, 2.24) is 10.2 Å². The normalized spacial score (nSPS) is 13.1. The van der Waals surface area contributed by atoms with Gasteiger partial charge in [-0.3, -0.25) is 9.59 Å². The molecule has 5 nitrogen and oxygen atoms in total. The SMILES string of the molecule is CN(CC(=O)NCC(F)(F)F)C(=O)C(C)(C)C(C)(C)N. The van der Waals surface area contributed by atoms with E-state index in [0.29, 0.717) is 0 Å². The molecule has 0 saturated heterocycles. The van der Waals surface area contributed by atoms with Gasteiger partial charge in [0.05, 0.1) is 12.0 Å². The van der Waals surface area contributed by atoms with Crippen LogP contribution in [0.1, 0.15) is 27.7 Å². The molecule has 0 aliphatic heterocycles. The highest BCUT2D eigenvalue weighted by Gasteiger charge is 2.42. The van der Waals surface area contributed by atoms with Crippen molar-refractivity contribution in [3.8, 4) is 0 Å². The third-order valence-corrected chi connectivity index (χ3v) is 3.36. The third kappa shape index (κ3) is 5.36. The molecule has 0 spiro atoms. The van der Waals surface area contributed by atoms with Crippen LogP contribution in [0.2, 0.25) is 0 Å². The first kappa shape index (κ1) is 18.7. The number of halogens is 3. The van der Waals surface area contributed by atoms with E-state index >= 15 is 0 Å². The summed E-state index contributed by atoms with van der Waals surface area (Å²) < 4.78 is 35.8. The van der Waals surface area contributed by atoms with Gasteiger partial charge in [-0.25, -0.2) is 0 Å². The van der Waals surface area contributed by atoms with Crippen LogP contribution < -0.4 is 11.1 Å². The Morgan fingerprint density at radius 2 is 1.60 bits per heavy atom. The van der Waals surface area contributed by atoms with Gasteiger partial charge in [0.1, 0.15) is 6.54 Å². The van der Waals surface area contributed by atoms with Crippen molar-refractivity contribution in [2.75, 3.05) is 20.1 Å². The van der Waals surface area contributed by atoms with Gasteiger partial charge in [0.25, 0.3) is 0 Å². The second-order valence-corrected chi connectivity index (χ2v) is 5.90. The Labute approximate surface area is 116 Å². The summed E-state index contributed by atoms with van der Waals surface area (Å²) in [5, 5.41) is 1.71. The number of nitrogens with zero attached hydrogens (tertiary/aromatic N) is 1. The van der Waals surface area contributed by atoms with Gasteiger partial charge in [0.15, 0.2) is 0 Å². The van der Waals surface area contributed by atoms with E-state index in [1.807, 2.05) is 0 Å². The number of hydrogen-bond donors (Lipinski definition) is 2. The summed E-state index contributed by atoms with van der Waals surface area (Å²) in [7, 11) is 1.35. The van der Waals surface area contributed by atoms with E-state index in [0.717, 1.165) is 4.90 Å². The van der Waals surface area contributed by atoms with Gasteiger partial charge in [-0.2, -0.15) is 13.2 Å². The number of amides is 2. The zero-order valence-corrected chi connectivity index (χ0v) is 12.4. The zero-order valence-electron chi connectivity index (χ0n) is 12.4. The predicted molar refractivity (Wildman–Crippen MR) is 68.7 cm³/mol. The predicted octanol–water partition coefficient (Wildman–Crippen LogP) is 0.887. The molecule has 8 heteroatoms. The molecule has 0 bridgehead atoms. The van der Waals surface area contributed by atoms with E-state index in [2.05, 4.69) is 0 Å². The molecular formula is C12H22F3N3O2. The molecule has 3 N–H and O–H groups in total. The molecule has 0 atom stereocenters. The van der Waals surface area contributed by atoms with E-state index < -0.39 is 42.0 Å². The fourth-order valence-electron chi connectivity index (χ4n) is 1.29.